The fourth-order valence-corrected chi connectivity index (χ4v) is 4.96. The molecule has 1 amide bonds. The minimum Gasteiger partial charge on any atom is -0.491 e. The van der Waals surface area contributed by atoms with Gasteiger partial charge >= 0.3 is 6.18 Å². The molecule has 0 aliphatic carbocycles. The Labute approximate surface area is 189 Å². The van der Waals surface area contributed by atoms with E-state index in [0.29, 0.717) is 6.42 Å². The number of nitrogens with one attached hydrogen (secondary N) is 1. The Bertz CT molecular complexity index is 1080. The van der Waals surface area contributed by atoms with Crippen LogP contribution < -0.4 is 10.1 Å². The van der Waals surface area contributed by atoms with Crippen molar-refractivity contribution in [1.29, 1.82) is 0 Å². The number of piperidine rings is 1. The van der Waals surface area contributed by atoms with Gasteiger partial charge in [0.15, 0.2) is 0 Å². The first kappa shape index (κ1) is 25.0. The maximum absolute atomic E-state index is 13.1. The molecule has 0 bridgehead atoms. The molecule has 1 aliphatic rings. The van der Waals surface area contributed by atoms with Gasteiger partial charge in [-0.15, -0.1) is 0 Å². The third kappa shape index (κ3) is 6.02. The van der Waals surface area contributed by atoms with Gasteiger partial charge in [-0.25, -0.2) is 12.8 Å². The van der Waals surface area contributed by atoms with Crippen LogP contribution in [-0.4, -0.2) is 38.3 Å². The number of rotatable bonds is 7. The van der Waals surface area contributed by atoms with Crippen molar-refractivity contribution >= 4 is 21.6 Å². The molecule has 11 heteroatoms. The van der Waals surface area contributed by atoms with Crippen LogP contribution >= 0.6 is 0 Å². The van der Waals surface area contributed by atoms with E-state index in [1.807, 2.05) is 6.92 Å². The van der Waals surface area contributed by atoms with Gasteiger partial charge < -0.3 is 10.1 Å². The molecule has 0 spiro atoms. The van der Waals surface area contributed by atoms with Crippen molar-refractivity contribution in [3.63, 3.8) is 0 Å². The van der Waals surface area contributed by atoms with Crippen molar-refractivity contribution in [3.8, 4) is 5.75 Å². The van der Waals surface area contributed by atoms with Crippen LogP contribution in [0, 0.1) is 11.7 Å². The second kappa shape index (κ2) is 10.1. The first-order valence-corrected chi connectivity index (χ1v) is 11.9. The molecule has 1 aliphatic heterocycles. The number of nitrogens with zero attached hydrogens (tertiary/aromatic N) is 1. The van der Waals surface area contributed by atoms with Crippen molar-refractivity contribution in [2.45, 2.75) is 37.3 Å². The number of carbonyl (C=O) groups excluding carboxylic acids is 1. The number of hydrogen-bond donors (Lipinski definition) is 1. The molecule has 2 aromatic rings. The highest BCUT2D eigenvalue weighted by molar-refractivity contribution is 7.89. The lowest BCUT2D eigenvalue weighted by Crippen LogP contribution is -2.41. The van der Waals surface area contributed by atoms with Crippen LogP contribution in [0.1, 0.15) is 31.7 Å². The summed E-state index contributed by atoms with van der Waals surface area (Å²) in [5.41, 5.74) is -0.994. The fourth-order valence-electron chi connectivity index (χ4n) is 3.49. The third-order valence-corrected chi connectivity index (χ3v) is 7.22. The van der Waals surface area contributed by atoms with E-state index in [4.69, 9.17) is 4.74 Å². The predicted molar refractivity (Wildman–Crippen MR) is 114 cm³/mol. The van der Waals surface area contributed by atoms with Gasteiger partial charge in [0.05, 0.1) is 22.8 Å². The summed E-state index contributed by atoms with van der Waals surface area (Å²) in [6.45, 7) is 2.23. The zero-order valence-corrected chi connectivity index (χ0v) is 18.7. The van der Waals surface area contributed by atoms with Gasteiger partial charge in [-0.05, 0) is 61.7 Å². The molecule has 3 rings (SSSR count). The summed E-state index contributed by atoms with van der Waals surface area (Å²) in [5, 5.41) is 2.52. The van der Waals surface area contributed by atoms with Gasteiger partial charge in [-0.2, -0.15) is 17.5 Å². The molecule has 1 fully saturated rings. The van der Waals surface area contributed by atoms with Crippen molar-refractivity contribution in [2.24, 2.45) is 5.92 Å². The minimum absolute atomic E-state index is 0.0477. The van der Waals surface area contributed by atoms with Crippen LogP contribution in [0.3, 0.4) is 0 Å². The second-order valence-electron chi connectivity index (χ2n) is 7.68. The van der Waals surface area contributed by atoms with E-state index in [0.717, 1.165) is 24.3 Å². The number of ether oxygens (including phenoxy) is 1. The average molecular weight is 489 g/mol. The molecule has 0 radical (unpaired) electrons. The molecular formula is C22H24F4N2O4S. The van der Waals surface area contributed by atoms with Crippen LogP contribution in [0.2, 0.25) is 0 Å². The zero-order valence-electron chi connectivity index (χ0n) is 17.9. The number of sulfonamides is 1. The summed E-state index contributed by atoms with van der Waals surface area (Å²) < 4.78 is 84.6. The van der Waals surface area contributed by atoms with Crippen molar-refractivity contribution < 1.29 is 35.5 Å². The highest BCUT2D eigenvalue weighted by atomic mass is 32.2. The molecule has 180 valence electrons. The molecule has 1 N–H and O–H groups in total. The Morgan fingerprint density at radius 2 is 1.76 bits per heavy atom. The number of amides is 1. The Kier molecular flexibility index (Phi) is 7.63. The molecule has 6 nitrogen and oxygen atoms in total. The lowest BCUT2D eigenvalue weighted by molar-refractivity contribution is -0.137. The van der Waals surface area contributed by atoms with E-state index < -0.39 is 39.4 Å². The Hall–Kier alpha value is -2.66. The highest BCUT2D eigenvalue weighted by Crippen LogP contribution is 2.36. The standard InChI is InChI=1S/C22H24F4N2O4S/c1-2-13-32-20-8-3-16(22(24,25)26)14-19(20)27-21(29)15-9-11-28(12-10-15)33(30,31)18-6-4-17(23)5-7-18/h3-8,14-15H,2,9-13H2,1H3,(H,27,29). The van der Waals surface area contributed by atoms with E-state index in [-0.39, 0.29) is 48.9 Å². The van der Waals surface area contributed by atoms with Crippen molar-refractivity contribution in [1.82, 2.24) is 4.31 Å². The first-order chi connectivity index (χ1) is 15.5. The van der Waals surface area contributed by atoms with Gasteiger partial charge in [0.25, 0.3) is 0 Å². The number of carbonyl (C=O) groups is 1. The van der Waals surface area contributed by atoms with Crippen LogP contribution in [0.4, 0.5) is 23.2 Å². The quantitative estimate of drug-likeness (QED) is 0.575. The predicted octanol–water partition coefficient (Wildman–Crippen LogP) is 4.67. The molecule has 2 aromatic carbocycles. The summed E-state index contributed by atoms with van der Waals surface area (Å²) in [7, 11) is -3.84. The monoisotopic (exact) mass is 488 g/mol. The Morgan fingerprint density at radius 1 is 1.12 bits per heavy atom. The van der Waals surface area contributed by atoms with Gasteiger partial charge in [-0.3, -0.25) is 4.79 Å². The molecule has 0 saturated carbocycles. The van der Waals surface area contributed by atoms with Crippen LogP contribution in [0.25, 0.3) is 0 Å². The lowest BCUT2D eigenvalue weighted by atomic mass is 9.97. The normalized spacial score (nSPS) is 15.9. The average Bonchev–Trinajstić information content (AvgIpc) is 2.78. The van der Waals surface area contributed by atoms with E-state index in [9.17, 15) is 30.8 Å². The van der Waals surface area contributed by atoms with E-state index in [1.165, 1.54) is 22.5 Å². The number of anilines is 1. The molecule has 1 heterocycles. The molecule has 0 atom stereocenters. The maximum atomic E-state index is 13.1. The van der Waals surface area contributed by atoms with Crippen LogP contribution in [-0.2, 0) is 21.0 Å². The zero-order chi connectivity index (χ0) is 24.2. The first-order valence-electron chi connectivity index (χ1n) is 10.4. The number of hydrogen-bond acceptors (Lipinski definition) is 4. The van der Waals surface area contributed by atoms with Crippen LogP contribution in [0.5, 0.6) is 5.75 Å². The molecular weight excluding hydrogens is 464 g/mol. The van der Waals surface area contributed by atoms with Crippen LogP contribution in [0.15, 0.2) is 47.4 Å². The van der Waals surface area contributed by atoms with Crippen molar-refractivity contribution in [3.05, 3.63) is 53.8 Å². The molecule has 0 unspecified atom stereocenters. The topological polar surface area (TPSA) is 75.7 Å². The minimum atomic E-state index is -4.58. The number of benzene rings is 2. The van der Waals surface area contributed by atoms with E-state index in [2.05, 4.69) is 5.32 Å². The summed E-state index contributed by atoms with van der Waals surface area (Å²) in [6, 6.07) is 7.35. The number of halogens is 4. The summed E-state index contributed by atoms with van der Waals surface area (Å²) >= 11 is 0. The molecule has 0 aromatic heterocycles. The fraction of sp³-hybridized carbons (Fsp3) is 0.409. The van der Waals surface area contributed by atoms with Crippen molar-refractivity contribution in [2.75, 3.05) is 25.0 Å². The maximum Gasteiger partial charge on any atom is 0.416 e. The Morgan fingerprint density at radius 3 is 2.33 bits per heavy atom. The second-order valence-corrected chi connectivity index (χ2v) is 9.62. The highest BCUT2D eigenvalue weighted by Gasteiger charge is 2.34. The van der Waals surface area contributed by atoms with Gasteiger partial charge in [0, 0.05) is 19.0 Å². The van der Waals surface area contributed by atoms with Gasteiger partial charge in [-0.1, -0.05) is 6.92 Å². The third-order valence-electron chi connectivity index (χ3n) is 5.30. The summed E-state index contributed by atoms with van der Waals surface area (Å²) in [5.74, 6) is -1.51. The smallest absolute Gasteiger partial charge is 0.416 e. The largest absolute Gasteiger partial charge is 0.491 e. The summed E-state index contributed by atoms with van der Waals surface area (Å²) in [6.07, 6.45) is -3.56. The molecule has 1 saturated heterocycles. The lowest BCUT2D eigenvalue weighted by Gasteiger charge is -2.30. The van der Waals surface area contributed by atoms with Gasteiger partial charge in [0.2, 0.25) is 15.9 Å². The number of alkyl halides is 3. The summed E-state index contributed by atoms with van der Waals surface area (Å²) in [4.78, 5) is 12.7. The SMILES string of the molecule is CCCOc1ccc(C(F)(F)F)cc1NC(=O)C1CCN(S(=O)(=O)c2ccc(F)cc2)CC1. The molecule has 33 heavy (non-hydrogen) atoms. The Balaban J connectivity index is 1.69. The van der Waals surface area contributed by atoms with E-state index in [1.54, 1.807) is 0 Å². The van der Waals surface area contributed by atoms with E-state index >= 15 is 0 Å². The van der Waals surface area contributed by atoms with Gasteiger partial charge in [0.1, 0.15) is 11.6 Å².